The van der Waals surface area contributed by atoms with Crippen molar-refractivity contribution in [3.05, 3.63) is 77.2 Å². The zero-order chi connectivity index (χ0) is 19.8. The van der Waals surface area contributed by atoms with Crippen molar-refractivity contribution in [1.29, 1.82) is 0 Å². The highest BCUT2D eigenvalue weighted by molar-refractivity contribution is 6.09. The van der Waals surface area contributed by atoms with E-state index in [-0.39, 0.29) is 11.9 Å². The van der Waals surface area contributed by atoms with E-state index in [4.69, 9.17) is 0 Å². The van der Waals surface area contributed by atoms with Gasteiger partial charge in [-0.05, 0) is 38.5 Å². The quantitative estimate of drug-likeness (QED) is 0.546. The third-order valence-corrected chi connectivity index (χ3v) is 5.11. The summed E-state index contributed by atoms with van der Waals surface area (Å²) in [7, 11) is 1.89. The number of aromatic nitrogens is 3. The molecule has 0 aliphatic heterocycles. The molecule has 2 aromatic carbocycles. The number of benzene rings is 2. The molecule has 5 nitrogen and oxygen atoms in total. The maximum Gasteiger partial charge on any atom is 0.268 e. The van der Waals surface area contributed by atoms with E-state index in [1.165, 1.54) is 0 Å². The van der Waals surface area contributed by atoms with Gasteiger partial charge in [0.1, 0.15) is 5.69 Å². The monoisotopic (exact) mass is 372 g/mol. The van der Waals surface area contributed by atoms with Gasteiger partial charge in [0.2, 0.25) is 0 Å². The third-order valence-electron chi connectivity index (χ3n) is 5.11. The average molecular weight is 372 g/mol. The van der Waals surface area contributed by atoms with E-state index in [9.17, 15) is 4.79 Å². The predicted octanol–water partition coefficient (Wildman–Crippen LogP) is 4.68. The van der Waals surface area contributed by atoms with Crippen LogP contribution in [0.3, 0.4) is 0 Å². The Morgan fingerprint density at radius 3 is 2.57 bits per heavy atom. The third kappa shape index (κ3) is 3.20. The molecule has 0 saturated heterocycles. The Kier molecular flexibility index (Phi) is 4.51. The first-order valence-corrected chi connectivity index (χ1v) is 9.43. The number of nitrogens with zero attached hydrogens (tertiary/aromatic N) is 2. The highest BCUT2D eigenvalue weighted by Gasteiger charge is 2.22. The van der Waals surface area contributed by atoms with Crippen LogP contribution in [0.5, 0.6) is 0 Å². The van der Waals surface area contributed by atoms with Crippen molar-refractivity contribution in [3.63, 3.8) is 0 Å². The lowest BCUT2D eigenvalue weighted by Crippen LogP contribution is -2.27. The SMILES string of the molecule is Cc1ccc2[nH]c(C(=O)NC(C)c3cn(C)nc3C)c(-c3ccccc3)c2c1. The van der Waals surface area contributed by atoms with Gasteiger partial charge in [-0.15, -0.1) is 0 Å². The number of aryl methyl sites for hydroxylation is 3. The first-order chi connectivity index (χ1) is 13.4. The van der Waals surface area contributed by atoms with Gasteiger partial charge in [0.15, 0.2) is 0 Å². The minimum atomic E-state index is -0.141. The molecule has 0 spiro atoms. The summed E-state index contributed by atoms with van der Waals surface area (Å²) in [6.45, 7) is 6.00. The fourth-order valence-electron chi connectivity index (χ4n) is 3.77. The first-order valence-electron chi connectivity index (χ1n) is 9.43. The molecule has 0 bridgehead atoms. The number of carbonyl (C=O) groups excluding carboxylic acids is 1. The molecule has 142 valence electrons. The summed E-state index contributed by atoms with van der Waals surface area (Å²) in [6.07, 6.45) is 1.95. The minimum Gasteiger partial charge on any atom is -0.350 e. The molecule has 4 rings (SSSR count). The molecular weight excluding hydrogens is 348 g/mol. The van der Waals surface area contributed by atoms with Crippen LogP contribution in [0.1, 0.15) is 40.3 Å². The van der Waals surface area contributed by atoms with Crippen molar-refractivity contribution in [2.24, 2.45) is 7.05 Å². The Bertz CT molecular complexity index is 1150. The zero-order valence-electron chi connectivity index (χ0n) is 16.6. The normalized spacial score (nSPS) is 12.3. The molecule has 0 saturated carbocycles. The first kappa shape index (κ1) is 18.0. The number of fused-ring (bicyclic) bond motifs is 1. The van der Waals surface area contributed by atoms with E-state index in [1.54, 1.807) is 4.68 Å². The van der Waals surface area contributed by atoms with Gasteiger partial charge < -0.3 is 10.3 Å². The van der Waals surface area contributed by atoms with E-state index in [1.807, 2.05) is 63.5 Å². The highest BCUT2D eigenvalue weighted by Crippen LogP contribution is 2.33. The topological polar surface area (TPSA) is 62.7 Å². The van der Waals surface area contributed by atoms with E-state index in [0.29, 0.717) is 5.69 Å². The summed E-state index contributed by atoms with van der Waals surface area (Å²) in [5.41, 5.74) is 6.60. The average Bonchev–Trinajstić information content (AvgIpc) is 3.21. The standard InChI is InChI=1S/C23H24N4O/c1-14-10-11-20-18(12-14)21(17-8-6-5-7-9-17)22(25-20)23(28)24-15(2)19-13-27(4)26-16(19)3/h5-13,15,25H,1-4H3,(H,24,28). The van der Waals surface area contributed by atoms with Crippen molar-refractivity contribution in [2.45, 2.75) is 26.8 Å². The van der Waals surface area contributed by atoms with E-state index in [2.05, 4.69) is 34.5 Å². The van der Waals surface area contributed by atoms with Crippen LogP contribution in [0.25, 0.3) is 22.0 Å². The fraction of sp³-hybridized carbons (Fsp3) is 0.217. The highest BCUT2D eigenvalue weighted by atomic mass is 16.1. The molecule has 28 heavy (non-hydrogen) atoms. The van der Waals surface area contributed by atoms with Gasteiger partial charge in [0.25, 0.3) is 5.91 Å². The van der Waals surface area contributed by atoms with Crippen LogP contribution in [-0.4, -0.2) is 20.7 Å². The fourth-order valence-corrected chi connectivity index (χ4v) is 3.77. The minimum absolute atomic E-state index is 0.122. The lowest BCUT2D eigenvalue weighted by Gasteiger charge is -2.14. The van der Waals surface area contributed by atoms with E-state index in [0.717, 1.165) is 38.9 Å². The van der Waals surface area contributed by atoms with Crippen LogP contribution in [0.2, 0.25) is 0 Å². The Morgan fingerprint density at radius 1 is 1.14 bits per heavy atom. The molecule has 5 heteroatoms. The number of carbonyl (C=O) groups is 1. The van der Waals surface area contributed by atoms with E-state index < -0.39 is 0 Å². The Balaban J connectivity index is 1.77. The van der Waals surface area contributed by atoms with Crippen molar-refractivity contribution < 1.29 is 4.79 Å². The number of rotatable bonds is 4. The molecule has 2 heterocycles. The number of H-pyrrole nitrogens is 1. The molecule has 2 aromatic heterocycles. The van der Waals surface area contributed by atoms with Gasteiger partial charge in [-0.2, -0.15) is 5.10 Å². The van der Waals surface area contributed by atoms with Crippen LogP contribution < -0.4 is 5.32 Å². The van der Waals surface area contributed by atoms with Crippen LogP contribution in [-0.2, 0) is 7.05 Å². The number of nitrogens with one attached hydrogen (secondary N) is 2. The number of hydrogen-bond acceptors (Lipinski definition) is 2. The maximum absolute atomic E-state index is 13.2. The van der Waals surface area contributed by atoms with Crippen LogP contribution >= 0.6 is 0 Å². The van der Waals surface area contributed by atoms with Gasteiger partial charge in [-0.3, -0.25) is 9.48 Å². The molecule has 1 unspecified atom stereocenters. The van der Waals surface area contributed by atoms with Crippen molar-refractivity contribution >= 4 is 16.8 Å². The lowest BCUT2D eigenvalue weighted by atomic mass is 10.00. The van der Waals surface area contributed by atoms with Crippen molar-refractivity contribution in [1.82, 2.24) is 20.1 Å². The van der Waals surface area contributed by atoms with Crippen LogP contribution in [0.15, 0.2) is 54.7 Å². The molecule has 1 atom stereocenters. The second kappa shape index (κ2) is 7.00. The summed E-state index contributed by atoms with van der Waals surface area (Å²) in [6, 6.07) is 16.1. The molecule has 4 aromatic rings. The smallest absolute Gasteiger partial charge is 0.268 e. The second-order valence-electron chi connectivity index (χ2n) is 7.33. The molecule has 0 radical (unpaired) electrons. The van der Waals surface area contributed by atoms with Gasteiger partial charge >= 0.3 is 0 Å². The Morgan fingerprint density at radius 2 is 1.89 bits per heavy atom. The second-order valence-corrected chi connectivity index (χ2v) is 7.33. The van der Waals surface area contributed by atoms with Gasteiger partial charge in [-0.25, -0.2) is 0 Å². The summed E-state index contributed by atoms with van der Waals surface area (Å²) in [4.78, 5) is 16.6. The predicted molar refractivity (Wildman–Crippen MR) is 112 cm³/mol. The number of aromatic amines is 1. The molecule has 1 amide bonds. The molecule has 0 fully saturated rings. The van der Waals surface area contributed by atoms with Gasteiger partial charge in [-0.1, -0.05) is 42.0 Å². The molecule has 0 aliphatic rings. The van der Waals surface area contributed by atoms with Gasteiger partial charge in [0, 0.05) is 35.3 Å². The Hall–Kier alpha value is -3.34. The largest absolute Gasteiger partial charge is 0.350 e. The van der Waals surface area contributed by atoms with Crippen LogP contribution in [0.4, 0.5) is 0 Å². The van der Waals surface area contributed by atoms with Crippen molar-refractivity contribution in [3.8, 4) is 11.1 Å². The maximum atomic E-state index is 13.2. The van der Waals surface area contributed by atoms with Crippen molar-refractivity contribution in [2.75, 3.05) is 0 Å². The van der Waals surface area contributed by atoms with E-state index >= 15 is 0 Å². The summed E-state index contributed by atoms with van der Waals surface area (Å²) < 4.78 is 1.77. The summed E-state index contributed by atoms with van der Waals surface area (Å²) >= 11 is 0. The number of hydrogen-bond donors (Lipinski definition) is 2. The Labute approximate surface area is 164 Å². The molecule has 0 aliphatic carbocycles. The lowest BCUT2D eigenvalue weighted by molar-refractivity contribution is 0.0936. The van der Waals surface area contributed by atoms with Gasteiger partial charge in [0.05, 0.1) is 11.7 Å². The summed E-state index contributed by atoms with van der Waals surface area (Å²) in [5, 5.41) is 8.57. The number of amides is 1. The molecule has 2 N–H and O–H groups in total. The summed E-state index contributed by atoms with van der Waals surface area (Å²) in [5.74, 6) is -0.122. The molecular formula is C23H24N4O. The van der Waals surface area contributed by atoms with Crippen LogP contribution in [0, 0.1) is 13.8 Å². The zero-order valence-corrected chi connectivity index (χ0v) is 16.6.